The summed E-state index contributed by atoms with van der Waals surface area (Å²) in [5.41, 5.74) is -0.712. The second-order valence-electron chi connectivity index (χ2n) is 5.88. The van der Waals surface area contributed by atoms with Crippen molar-refractivity contribution in [2.45, 2.75) is 57.9 Å². The summed E-state index contributed by atoms with van der Waals surface area (Å²) in [4.78, 5) is 34.9. The van der Waals surface area contributed by atoms with Gasteiger partial charge in [-0.05, 0) is 20.3 Å². The number of carbonyl (C=O) groups excluding carboxylic acids is 3. The molecule has 3 saturated heterocycles. The molecule has 116 valence electrons. The maximum absolute atomic E-state index is 12.1. The normalized spacial score (nSPS) is 37.4. The molecule has 5 unspecified atom stereocenters. The molecule has 8 nitrogen and oxygen atoms in total. The van der Waals surface area contributed by atoms with Crippen LogP contribution in [0.5, 0.6) is 0 Å². The van der Waals surface area contributed by atoms with Crippen LogP contribution in [0.4, 0.5) is 4.79 Å². The highest BCUT2D eigenvalue weighted by molar-refractivity contribution is 5.84. The van der Waals surface area contributed by atoms with Crippen LogP contribution in [0.3, 0.4) is 0 Å². The molecule has 0 aromatic carbocycles. The fraction of sp³-hybridized carbons (Fsp3) is 0.769. The Morgan fingerprint density at radius 3 is 2.52 bits per heavy atom. The van der Waals surface area contributed by atoms with Crippen LogP contribution in [-0.4, -0.2) is 48.8 Å². The zero-order valence-electron chi connectivity index (χ0n) is 11.9. The van der Waals surface area contributed by atoms with Crippen LogP contribution in [0, 0.1) is 5.41 Å². The summed E-state index contributed by atoms with van der Waals surface area (Å²) in [6.07, 6.45) is -4.84. The predicted octanol–water partition coefficient (Wildman–Crippen LogP) is 0.520. The van der Waals surface area contributed by atoms with Crippen LogP contribution in [0.25, 0.3) is 0 Å². The average Bonchev–Trinajstić information content (AvgIpc) is 3.01. The predicted molar refractivity (Wildman–Crippen MR) is 63.8 cm³/mol. The molecule has 0 aromatic rings. The quantitative estimate of drug-likeness (QED) is 0.549. The molecular weight excluding hydrogens is 284 g/mol. The van der Waals surface area contributed by atoms with Gasteiger partial charge in [0.1, 0.15) is 0 Å². The molecule has 0 radical (unpaired) electrons. The molecule has 3 aliphatic rings. The third-order valence-electron chi connectivity index (χ3n) is 4.11. The number of rotatable bonds is 3. The minimum atomic E-state index is -1.17. The summed E-state index contributed by atoms with van der Waals surface area (Å²) >= 11 is 0. The van der Waals surface area contributed by atoms with Gasteiger partial charge in [-0.25, -0.2) is 9.59 Å². The molecule has 8 heteroatoms. The van der Waals surface area contributed by atoms with E-state index in [-0.39, 0.29) is 0 Å². The van der Waals surface area contributed by atoms with Gasteiger partial charge in [-0.1, -0.05) is 6.92 Å². The van der Waals surface area contributed by atoms with Gasteiger partial charge in [0.05, 0.1) is 5.41 Å². The van der Waals surface area contributed by atoms with Gasteiger partial charge in [0, 0.05) is 0 Å². The van der Waals surface area contributed by atoms with E-state index in [1.165, 1.54) is 0 Å². The van der Waals surface area contributed by atoms with Crippen LogP contribution < -0.4 is 0 Å². The molecule has 0 amide bonds. The maximum Gasteiger partial charge on any atom is 0.511 e. The van der Waals surface area contributed by atoms with E-state index in [0.29, 0.717) is 6.42 Å². The van der Waals surface area contributed by atoms with Crippen LogP contribution in [0.1, 0.15) is 27.2 Å². The van der Waals surface area contributed by atoms with Crippen molar-refractivity contribution in [2.24, 2.45) is 5.41 Å². The minimum Gasteiger partial charge on any atom is -0.452 e. The first-order valence-corrected chi connectivity index (χ1v) is 6.78. The Morgan fingerprint density at radius 1 is 1.14 bits per heavy atom. The average molecular weight is 300 g/mol. The molecule has 0 aromatic heterocycles. The second kappa shape index (κ2) is 4.59. The Kier molecular flexibility index (Phi) is 3.09. The Hall–Kier alpha value is -1.83. The molecule has 3 fully saturated rings. The fourth-order valence-electron chi connectivity index (χ4n) is 2.35. The summed E-state index contributed by atoms with van der Waals surface area (Å²) in [7, 11) is 0. The van der Waals surface area contributed by atoms with Crippen molar-refractivity contribution in [3.05, 3.63) is 0 Å². The van der Waals surface area contributed by atoms with E-state index in [2.05, 4.69) is 0 Å². The third-order valence-corrected chi connectivity index (χ3v) is 4.11. The largest absolute Gasteiger partial charge is 0.511 e. The molecule has 0 spiro atoms. The molecule has 3 aliphatic heterocycles. The highest BCUT2D eigenvalue weighted by Gasteiger charge is 2.64. The molecule has 0 aliphatic carbocycles. The van der Waals surface area contributed by atoms with Crippen molar-refractivity contribution < 1.29 is 38.1 Å². The molecule has 21 heavy (non-hydrogen) atoms. The smallest absolute Gasteiger partial charge is 0.452 e. The first-order valence-electron chi connectivity index (χ1n) is 6.78. The first kappa shape index (κ1) is 14.1. The lowest BCUT2D eigenvalue weighted by Crippen LogP contribution is -2.39. The zero-order valence-corrected chi connectivity index (χ0v) is 11.9. The summed E-state index contributed by atoms with van der Waals surface area (Å²) in [5.74, 6) is -1.21. The van der Waals surface area contributed by atoms with Gasteiger partial charge in [0.25, 0.3) is 0 Å². The Morgan fingerprint density at radius 2 is 1.86 bits per heavy atom. The lowest BCUT2D eigenvalue weighted by atomic mass is 9.90. The molecule has 0 bridgehead atoms. The van der Waals surface area contributed by atoms with Gasteiger partial charge < -0.3 is 23.7 Å². The van der Waals surface area contributed by atoms with Crippen molar-refractivity contribution in [3.63, 3.8) is 0 Å². The summed E-state index contributed by atoms with van der Waals surface area (Å²) in [5, 5.41) is 0. The fourth-order valence-corrected chi connectivity index (χ4v) is 2.35. The monoisotopic (exact) mass is 300 g/mol. The number of fused-ring (bicyclic) bond motifs is 3. The van der Waals surface area contributed by atoms with Gasteiger partial charge in [-0.2, -0.15) is 0 Å². The summed E-state index contributed by atoms with van der Waals surface area (Å²) < 4.78 is 25.4. The topological polar surface area (TPSA) is 97.4 Å². The van der Waals surface area contributed by atoms with Gasteiger partial charge in [-0.3, -0.25) is 4.79 Å². The number of hydrogen-bond donors (Lipinski definition) is 0. The minimum absolute atomic E-state index is 0.508. The van der Waals surface area contributed by atoms with E-state index < -0.39 is 54.2 Å². The van der Waals surface area contributed by atoms with Crippen LogP contribution in [-0.2, 0) is 33.3 Å². The van der Waals surface area contributed by atoms with Crippen molar-refractivity contribution in [1.82, 2.24) is 0 Å². The van der Waals surface area contributed by atoms with Crippen molar-refractivity contribution >= 4 is 18.1 Å². The second-order valence-corrected chi connectivity index (χ2v) is 5.88. The highest BCUT2D eigenvalue weighted by atomic mass is 16.9. The number of ether oxygens (including phenoxy) is 5. The number of esters is 2. The Labute approximate surface area is 120 Å². The van der Waals surface area contributed by atoms with E-state index in [0.717, 1.165) is 0 Å². The van der Waals surface area contributed by atoms with Crippen molar-refractivity contribution in [1.29, 1.82) is 0 Å². The van der Waals surface area contributed by atoms with E-state index in [1.807, 2.05) is 6.92 Å². The van der Waals surface area contributed by atoms with Crippen LogP contribution in [0.15, 0.2) is 0 Å². The zero-order chi connectivity index (χ0) is 15.4. The molecule has 5 atom stereocenters. The van der Waals surface area contributed by atoms with E-state index in [9.17, 15) is 14.4 Å². The molecule has 0 saturated carbocycles. The summed E-state index contributed by atoms with van der Waals surface area (Å²) in [6, 6.07) is 0. The van der Waals surface area contributed by atoms with E-state index >= 15 is 0 Å². The number of carbonyl (C=O) groups is 3. The summed E-state index contributed by atoms with van der Waals surface area (Å²) in [6.45, 7) is 5.30. The lowest BCUT2D eigenvalue weighted by Gasteiger charge is -2.23. The molecule has 3 heterocycles. The highest BCUT2D eigenvalue weighted by Crippen LogP contribution is 2.39. The first-order chi connectivity index (χ1) is 9.83. The van der Waals surface area contributed by atoms with Gasteiger partial charge in [0.2, 0.25) is 18.5 Å². The van der Waals surface area contributed by atoms with Gasteiger partial charge in [0.15, 0.2) is 12.2 Å². The third kappa shape index (κ3) is 2.14. The molecule has 0 N–H and O–H groups in total. The Bertz CT molecular complexity index is 498. The number of hydrogen-bond acceptors (Lipinski definition) is 8. The van der Waals surface area contributed by atoms with Gasteiger partial charge in [-0.15, -0.1) is 0 Å². The van der Waals surface area contributed by atoms with Crippen molar-refractivity contribution in [3.8, 4) is 0 Å². The molecular formula is C13H16O8. The lowest BCUT2D eigenvalue weighted by molar-refractivity contribution is -0.178. The van der Waals surface area contributed by atoms with Gasteiger partial charge >= 0.3 is 18.1 Å². The van der Waals surface area contributed by atoms with Crippen molar-refractivity contribution in [2.75, 3.05) is 0 Å². The van der Waals surface area contributed by atoms with Crippen LogP contribution >= 0.6 is 0 Å². The van der Waals surface area contributed by atoms with E-state index in [4.69, 9.17) is 23.7 Å². The maximum atomic E-state index is 12.1. The standard InChI is InChI=1S/C13H16O8/c1-4-13(2,3)11(15)19-7-5-6(17-9(7)14)8-10(18-5)21-12(16)20-8/h5-8,10H,4H2,1-3H3. The van der Waals surface area contributed by atoms with E-state index in [1.54, 1.807) is 13.8 Å². The Balaban J connectivity index is 1.72. The van der Waals surface area contributed by atoms with Crippen LogP contribution in [0.2, 0.25) is 0 Å². The SMILES string of the molecule is CCC(C)(C)C(=O)OC1C(=O)OC2C3OC(=O)OC3OC12. The molecule has 3 rings (SSSR count).